The predicted molar refractivity (Wildman–Crippen MR) is 71.1 cm³/mol. The van der Waals surface area contributed by atoms with E-state index in [0.29, 0.717) is 0 Å². The second-order valence-electron chi connectivity index (χ2n) is 3.96. The highest BCUT2D eigenvalue weighted by atomic mass is 32.1. The first-order valence-corrected chi connectivity index (χ1v) is 6.30. The van der Waals surface area contributed by atoms with Gasteiger partial charge in [-0.25, -0.2) is 0 Å². The van der Waals surface area contributed by atoms with E-state index in [1.807, 2.05) is 0 Å². The molecule has 0 radical (unpaired) electrons. The molecule has 0 bridgehead atoms. The Bertz CT molecular complexity index is 593. The molecule has 0 N–H and O–H groups in total. The van der Waals surface area contributed by atoms with Crippen LogP contribution in [0.15, 0.2) is 60.0 Å². The lowest BCUT2D eigenvalue weighted by Gasteiger charge is -2.01. The fraction of sp³-hybridized carbons (Fsp3) is 0.0667. The van der Waals surface area contributed by atoms with E-state index in [1.54, 1.807) is 11.3 Å². The quantitative estimate of drug-likeness (QED) is 0.601. The predicted octanol–water partition coefficient (Wildman–Crippen LogP) is 4.49. The van der Waals surface area contributed by atoms with Gasteiger partial charge in [0.2, 0.25) is 0 Å². The second kappa shape index (κ2) is 4.11. The highest BCUT2D eigenvalue weighted by Crippen LogP contribution is 2.22. The molecule has 0 atom stereocenters. The number of hydrogen-bond acceptors (Lipinski definition) is 1. The van der Waals surface area contributed by atoms with Gasteiger partial charge in [-0.05, 0) is 46.5 Å². The highest BCUT2D eigenvalue weighted by Gasteiger charge is 1.98. The lowest BCUT2D eigenvalue weighted by atomic mass is 10.0. The van der Waals surface area contributed by atoms with E-state index in [2.05, 4.69) is 60.0 Å². The molecule has 0 aliphatic heterocycles. The zero-order valence-electron chi connectivity index (χ0n) is 8.89. The van der Waals surface area contributed by atoms with E-state index < -0.39 is 0 Å². The van der Waals surface area contributed by atoms with Gasteiger partial charge in [-0.2, -0.15) is 0 Å². The smallest absolute Gasteiger partial charge is 0.0342 e. The first-order chi connectivity index (χ1) is 7.92. The van der Waals surface area contributed by atoms with Crippen molar-refractivity contribution in [3.63, 3.8) is 0 Å². The first-order valence-electron chi connectivity index (χ1n) is 5.42. The van der Waals surface area contributed by atoms with E-state index in [0.717, 1.165) is 6.42 Å². The molecule has 0 nitrogen and oxygen atoms in total. The first kappa shape index (κ1) is 9.61. The van der Waals surface area contributed by atoms with Crippen LogP contribution in [-0.2, 0) is 6.42 Å². The lowest BCUT2D eigenvalue weighted by molar-refractivity contribution is 1.20. The van der Waals surface area contributed by atoms with Crippen molar-refractivity contribution in [1.29, 1.82) is 0 Å². The third-order valence-electron chi connectivity index (χ3n) is 2.77. The Balaban J connectivity index is 1.94. The van der Waals surface area contributed by atoms with Crippen LogP contribution in [0.25, 0.3) is 10.1 Å². The van der Waals surface area contributed by atoms with Crippen molar-refractivity contribution in [2.45, 2.75) is 6.42 Å². The molecule has 0 fully saturated rings. The number of fused-ring (bicyclic) bond motifs is 1. The molecule has 0 aliphatic rings. The third kappa shape index (κ3) is 1.86. The van der Waals surface area contributed by atoms with Gasteiger partial charge in [-0.15, -0.1) is 11.3 Å². The number of benzene rings is 2. The molecule has 0 aliphatic carbocycles. The maximum absolute atomic E-state index is 2.29. The van der Waals surface area contributed by atoms with E-state index >= 15 is 0 Å². The van der Waals surface area contributed by atoms with Crippen molar-refractivity contribution in [1.82, 2.24) is 0 Å². The van der Waals surface area contributed by atoms with Crippen molar-refractivity contribution in [3.8, 4) is 0 Å². The molecule has 1 aromatic heterocycles. The summed E-state index contributed by atoms with van der Waals surface area (Å²) in [6.45, 7) is 0. The number of thiophene rings is 1. The summed E-state index contributed by atoms with van der Waals surface area (Å²) in [5.74, 6) is 0. The standard InChI is InChI=1S/C15H12S/c1-2-4-12(5-3-1)10-13-6-7-15-14(11-13)8-9-16-15/h1-9,11H,10H2. The molecule has 0 saturated carbocycles. The maximum atomic E-state index is 2.29. The molecular formula is C15H12S. The SMILES string of the molecule is c1ccc(Cc2ccc3sccc3c2)cc1. The van der Waals surface area contributed by atoms with Crippen LogP contribution in [0.1, 0.15) is 11.1 Å². The lowest BCUT2D eigenvalue weighted by Crippen LogP contribution is -1.86. The van der Waals surface area contributed by atoms with E-state index in [9.17, 15) is 0 Å². The van der Waals surface area contributed by atoms with Crippen molar-refractivity contribution in [2.24, 2.45) is 0 Å². The maximum Gasteiger partial charge on any atom is 0.0342 e. The summed E-state index contributed by atoms with van der Waals surface area (Å²) in [7, 11) is 0. The van der Waals surface area contributed by atoms with Crippen molar-refractivity contribution >= 4 is 21.4 Å². The van der Waals surface area contributed by atoms with Crippen LogP contribution in [0.5, 0.6) is 0 Å². The second-order valence-corrected chi connectivity index (χ2v) is 4.90. The minimum atomic E-state index is 1.02. The van der Waals surface area contributed by atoms with E-state index in [1.165, 1.54) is 21.2 Å². The van der Waals surface area contributed by atoms with Gasteiger partial charge in [0, 0.05) is 4.70 Å². The summed E-state index contributed by atoms with van der Waals surface area (Å²) >= 11 is 1.80. The highest BCUT2D eigenvalue weighted by molar-refractivity contribution is 7.17. The van der Waals surface area contributed by atoms with Gasteiger partial charge in [-0.3, -0.25) is 0 Å². The minimum absolute atomic E-state index is 1.02. The van der Waals surface area contributed by atoms with Crippen LogP contribution in [0.3, 0.4) is 0 Å². The van der Waals surface area contributed by atoms with Gasteiger partial charge in [0.05, 0.1) is 0 Å². The Hall–Kier alpha value is -1.60. The molecular weight excluding hydrogens is 212 g/mol. The van der Waals surface area contributed by atoms with Gasteiger partial charge in [0.25, 0.3) is 0 Å². The Labute approximate surface area is 99.2 Å². The van der Waals surface area contributed by atoms with Crippen LogP contribution >= 0.6 is 11.3 Å². The summed E-state index contributed by atoms with van der Waals surface area (Å²) in [6, 6.07) is 19.5. The van der Waals surface area contributed by atoms with Crippen LogP contribution < -0.4 is 0 Å². The molecule has 0 unspecified atom stereocenters. The normalized spacial score (nSPS) is 10.8. The van der Waals surface area contributed by atoms with Crippen molar-refractivity contribution < 1.29 is 0 Å². The molecule has 3 rings (SSSR count). The molecule has 0 spiro atoms. The number of hydrogen-bond donors (Lipinski definition) is 0. The van der Waals surface area contributed by atoms with Gasteiger partial charge < -0.3 is 0 Å². The van der Waals surface area contributed by atoms with Crippen molar-refractivity contribution in [2.75, 3.05) is 0 Å². The molecule has 0 amide bonds. The van der Waals surface area contributed by atoms with Gasteiger partial charge in [-0.1, -0.05) is 36.4 Å². The Morgan fingerprint density at radius 2 is 1.69 bits per heavy atom. The van der Waals surface area contributed by atoms with Crippen LogP contribution in [0, 0.1) is 0 Å². The Kier molecular flexibility index (Phi) is 2.47. The molecule has 2 aromatic carbocycles. The third-order valence-corrected chi connectivity index (χ3v) is 3.67. The monoisotopic (exact) mass is 224 g/mol. The Morgan fingerprint density at radius 3 is 2.56 bits per heavy atom. The molecule has 16 heavy (non-hydrogen) atoms. The summed E-state index contributed by atoms with van der Waals surface area (Å²) in [6.07, 6.45) is 1.02. The molecule has 3 aromatic rings. The molecule has 1 heteroatoms. The molecule has 0 saturated heterocycles. The largest absolute Gasteiger partial charge is 0.144 e. The Morgan fingerprint density at radius 1 is 0.812 bits per heavy atom. The molecule has 78 valence electrons. The average molecular weight is 224 g/mol. The summed E-state index contributed by atoms with van der Waals surface area (Å²) in [5.41, 5.74) is 2.76. The van der Waals surface area contributed by atoms with Crippen molar-refractivity contribution in [3.05, 3.63) is 71.1 Å². The molecule has 1 heterocycles. The van der Waals surface area contributed by atoms with Crippen LogP contribution in [-0.4, -0.2) is 0 Å². The van der Waals surface area contributed by atoms with E-state index in [-0.39, 0.29) is 0 Å². The number of rotatable bonds is 2. The van der Waals surface area contributed by atoms with E-state index in [4.69, 9.17) is 0 Å². The fourth-order valence-electron chi connectivity index (χ4n) is 1.96. The van der Waals surface area contributed by atoms with Gasteiger partial charge >= 0.3 is 0 Å². The zero-order valence-corrected chi connectivity index (χ0v) is 9.71. The van der Waals surface area contributed by atoms with Gasteiger partial charge in [0.15, 0.2) is 0 Å². The van der Waals surface area contributed by atoms with Crippen LogP contribution in [0.4, 0.5) is 0 Å². The summed E-state index contributed by atoms with van der Waals surface area (Å²) < 4.78 is 1.37. The summed E-state index contributed by atoms with van der Waals surface area (Å²) in [4.78, 5) is 0. The zero-order chi connectivity index (χ0) is 10.8. The fourth-order valence-corrected chi connectivity index (χ4v) is 2.73. The van der Waals surface area contributed by atoms with Crippen LogP contribution in [0.2, 0.25) is 0 Å². The minimum Gasteiger partial charge on any atom is -0.144 e. The average Bonchev–Trinajstić information content (AvgIpc) is 2.77. The topological polar surface area (TPSA) is 0 Å². The van der Waals surface area contributed by atoms with Gasteiger partial charge in [0.1, 0.15) is 0 Å². The summed E-state index contributed by atoms with van der Waals surface area (Å²) in [5, 5.41) is 3.51.